The van der Waals surface area contributed by atoms with Gasteiger partial charge in [0.2, 0.25) is 23.1 Å². The van der Waals surface area contributed by atoms with Crippen molar-refractivity contribution in [3.05, 3.63) is 121 Å². The molecule has 278 valence electrons. The fraction of sp³-hybridized carbons (Fsp3) is 0.273. The number of ether oxygens (including phenoxy) is 4. The molecule has 0 aliphatic carbocycles. The molecule has 0 spiro atoms. The van der Waals surface area contributed by atoms with E-state index in [0.29, 0.717) is 72.4 Å². The Morgan fingerprint density at radius 2 is 0.611 bits per heavy atom. The van der Waals surface area contributed by atoms with Gasteiger partial charge in [-0.1, -0.05) is 100 Å². The number of nitrogens with zero attached hydrogens (tertiary/aromatic N) is 6. The molecule has 54 heavy (non-hydrogen) atoms. The van der Waals surface area contributed by atoms with Crippen molar-refractivity contribution in [2.45, 2.75) is 53.4 Å². The summed E-state index contributed by atoms with van der Waals surface area (Å²) in [7, 11) is 0. The Kier molecular flexibility index (Phi) is 13.3. The number of hydrogen-bond acceptors (Lipinski definition) is 10. The van der Waals surface area contributed by atoms with Gasteiger partial charge in [0, 0.05) is 22.7 Å². The molecule has 6 aromatic rings. The van der Waals surface area contributed by atoms with Gasteiger partial charge >= 0.3 is 0 Å². The largest absolute Gasteiger partial charge is 0.487 e. The second-order valence-electron chi connectivity index (χ2n) is 12.5. The van der Waals surface area contributed by atoms with E-state index in [1.165, 1.54) is 0 Å². The third-order valence-corrected chi connectivity index (χ3v) is 8.25. The van der Waals surface area contributed by atoms with Gasteiger partial charge in [-0.15, -0.1) is 20.4 Å². The smallest absolute Gasteiger partial charge is 0.209 e. The minimum atomic E-state index is 0.344. The van der Waals surface area contributed by atoms with E-state index in [2.05, 4.69) is 27.7 Å². The van der Waals surface area contributed by atoms with E-state index in [4.69, 9.17) is 39.3 Å². The molecule has 0 unspecified atom stereocenters. The molecule has 0 saturated carbocycles. The molecule has 0 amide bonds. The standard InChI is InChI=1S/C44H48N6O4/c1-5-29-51-39-37(45-47-43(41(39)53-31-7-3)49(33-21-13-9-14-22-33)34-23-15-10-16-24-34)38-40(52-30-6-2)42(54-32-8-4)44(48-46-38)50(35-25-17-11-18-26-35)36-27-19-12-20-28-36/h9-28H,5-8,29-32H2,1-4H3. The second-order valence-corrected chi connectivity index (χ2v) is 12.5. The fourth-order valence-corrected chi connectivity index (χ4v) is 5.84. The zero-order valence-corrected chi connectivity index (χ0v) is 31.5. The van der Waals surface area contributed by atoms with Crippen LogP contribution >= 0.6 is 0 Å². The highest BCUT2D eigenvalue weighted by Gasteiger charge is 2.33. The van der Waals surface area contributed by atoms with Crippen molar-refractivity contribution in [1.29, 1.82) is 0 Å². The molecule has 6 rings (SSSR count). The van der Waals surface area contributed by atoms with Crippen LogP contribution in [0, 0.1) is 0 Å². The molecule has 0 N–H and O–H groups in total. The van der Waals surface area contributed by atoms with E-state index in [1.54, 1.807) is 0 Å². The quantitative estimate of drug-likeness (QED) is 0.0803. The van der Waals surface area contributed by atoms with Crippen molar-refractivity contribution < 1.29 is 18.9 Å². The number of para-hydroxylation sites is 4. The monoisotopic (exact) mass is 724 g/mol. The van der Waals surface area contributed by atoms with E-state index in [0.717, 1.165) is 48.4 Å². The Labute approximate surface area is 318 Å². The molecule has 2 heterocycles. The predicted molar refractivity (Wildman–Crippen MR) is 216 cm³/mol. The molecule has 0 fully saturated rings. The van der Waals surface area contributed by atoms with Gasteiger partial charge in [0.1, 0.15) is 0 Å². The number of anilines is 6. The second kappa shape index (κ2) is 19.1. The highest BCUT2D eigenvalue weighted by atomic mass is 16.5. The van der Waals surface area contributed by atoms with Crippen LogP contribution in [0.15, 0.2) is 121 Å². The van der Waals surface area contributed by atoms with Gasteiger partial charge in [-0.25, -0.2) is 0 Å². The van der Waals surface area contributed by atoms with Crippen LogP contribution < -0.4 is 28.7 Å². The lowest BCUT2D eigenvalue weighted by Crippen LogP contribution is -2.18. The van der Waals surface area contributed by atoms with Crippen molar-refractivity contribution >= 4 is 34.4 Å². The summed E-state index contributed by atoms with van der Waals surface area (Å²) in [6.07, 6.45) is 3.04. The van der Waals surface area contributed by atoms with Crippen molar-refractivity contribution in [3.8, 4) is 34.4 Å². The molecular weight excluding hydrogens is 677 g/mol. The van der Waals surface area contributed by atoms with Gasteiger partial charge in [0.05, 0.1) is 26.4 Å². The molecule has 2 aromatic heterocycles. The summed E-state index contributed by atoms with van der Waals surface area (Å²) < 4.78 is 26.4. The average Bonchev–Trinajstić information content (AvgIpc) is 3.23. The van der Waals surface area contributed by atoms with Crippen LogP contribution in [0.5, 0.6) is 23.0 Å². The Morgan fingerprint density at radius 1 is 0.352 bits per heavy atom. The first-order chi connectivity index (χ1) is 26.7. The summed E-state index contributed by atoms with van der Waals surface area (Å²) in [6, 6.07) is 40.1. The van der Waals surface area contributed by atoms with E-state index in [-0.39, 0.29) is 0 Å². The maximum Gasteiger partial charge on any atom is 0.209 e. The SMILES string of the molecule is CCCOc1c(-c2nnc(N(c3ccccc3)c3ccccc3)c(OCCC)c2OCCC)nnc(N(c2ccccc2)c2ccccc2)c1OCCC. The maximum atomic E-state index is 6.60. The summed E-state index contributed by atoms with van der Waals surface area (Å²) in [5, 5.41) is 19.5. The van der Waals surface area contributed by atoms with Gasteiger partial charge < -0.3 is 18.9 Å². The Hall–Kier alpha value is -6.16. The highest BCUT2D eigenvalue weighted by Crippen LogP contribution is 2.51. The molecule has 0 atom stereocenters. The van der Waals surface area contributed by atoms with Gasteiger partial charge in [-0.05, 0) is 74.2 Å². The number of aromatic nitrogens is 4. The third-order valence-electron chi connectivity index (χ3n) is 8.25. The average molecular weight is 725 g/mol. The lowest BCUT2D eigenvalue weighted by atomic mass is 10.1. The van der Waals surface area contributed by atoms with Crippen LogP contribution in [0.25, 0.3) is 11.4 Å². The van der Waals surface area contributed by atoms with Crippen LogP contribution in [-0.2, 0) is 0 Å². The van der Waals surface area contributed by atoms with E-state index in [9.17, 15) is 0 Å². The summed E-state index contributed by atoms with van der Waals surface area (Å²) >= 11 is 0. The third kappa shape index (κ3) is 8.55. The number of benzene rings is 4. The Balaban J connectivity index is 1.63. The summed E-state index contributed by atoms with van der Waals surface area (Å²) in [4.78, 5) is 4.05. The molecule has 0 saturated heterocycles. The zero-order valence-electron chi connectivity index (χ0n) is 31.5. The number of hydrogen-bond donors (Lipinski definition) is 0. The van der Waals surface area contributed by atoms with Gasteiger partial charge in [-0.2, -0.15) is 0 Å². The Bertz CT molecular complexity index is 1810. The molecule has 10 heteroatoms. The van der Waals surface area contributed by atoms with Crippen molar-refractivity contribution in [2.75, 3.05) is 36.2 Å². The first-order valence-electron chi connectivity index (χ1n) is 18.8. The molecular formula is C44H48N6O4. The first kappa shape index (κ1) is 37.6. The minimum Gasteiger partial charge on any atom is -0.487 e. The van der Waals surface area contributed by atoms with Crippen LogP contribution in [0.4, 0.5) is 34.4 Å². The first-order valence-corrected chi connectivity index (χ1v) is 18.8. The van der Waals surface area contributed by atoms with Crippen LogP contribution in [0.3, 0.4) is 0 Å². The predicted octanol–water partition coefficient (Wildman–Crippen LogP) is 11.0. The topological polar surface area (TPSA) is 95.0 Å². The van der Waals surface area contributed by atoms with Crippen LogP contribution in [0.2, 0.25) is 0 Å². The fourth-order valence-electron chi connectivity index (χ4n) is 5.84. The van der Waals surface area contributed by atoms with Gasteiger partial charge in [-0.3, -0.25) is 9.80 Å². The molecule has 10 nitrogen and oxygen atoms in total. The maximum absolute atomic E-state index is 6.60. The molecule has 0 aliphatic rings. The van der Waals surface area contributed by atoms with E-state index < -0.39 is 0 Å². The van der Waals surface area contributed by atoms with Crippen molar-refractivity contribution in [3.63, 3.8) is 0 Å². The zero-order chi connectivity index (χ0) is 37.5. The summed E-state index contributed by atoms with van der Waals surface area (Å²) in [6.45, 7) is 9.92. The summed E-state index contributed by atoms with van der Waals surface area (Å²) in [5.41, 5.74) is 4.25. The Morgan fingerprint density at radius 3 is 0.870 bits per heavy atom. The molecule has 0 aliphatic heterocycles. The molecule has 0 radical (unpaired) electrons. The van der Waals surface area contributed by atoms with Crippen LogP contribution in [-0.4, -0.2) is 46.8 Å². The molecule has 4 aromatic carbocycles. The molecule has 0 bridgehead atoms. The normalized spacial score (nSPS) is 10.8. The van der Waals surface area contributed by atoms with E-state index >= 15 is 0 Å². The lowest BCUT2D eigenvalue weighted by Gasteiger charge is -2.28. The lowest BCUT2D eigenvalue weighted by molar-refractivity contribution is 0.263. The van der Waals surface area contributed by atoms with E-state index in [1.807, 2.05) is 131 Å². The number of rotatable bonds is 19. The van der Waals surface area contributed by atoms with Gasteiger partial charge in [0.15, 0.2) is 22.9 Å². The summed E-state index contributed by atoms with van der Waals surface area (Å²) in [5.74, 6) is 2.67. The van der Waals surface area contributed by atoms with Gasteiger partial charge in [0.25, 0.3) is 0 Å². The van der Waals surface area contributed by atoms with Crippen molar-refractivity contribution in [2.24, 2.45) is 0 Å². The van der Waals surface area contributed by atoms with Crippen LogP contribution in [0.1, 0.15) is 53.4 Å². The van der Waals surface area contributed by atoms with Crippen molar-refractivity contribution in [1.82, 2.24) is 20.4 Å². The highest BCUT2D eigenvalue weighted by molar-refractivity contribution is 5.86. The minimum absolute atomic E-state index is 0.344.